The molecule has 0 spiro atoms. The van der Waals surface area contributed by atoms with E-state index < -0.39 is 30.1 Å². The van der Waals surface area contributed by atoms with Crippen LogP contribution in [-0.2, 0) is 15.5 Å². The summed E-state index contributed by atoms with van der Waals surface area (Å²) in [7, 11) is -0.630. The molecule has 3 nitrogen and oxygen atoms in total. The van der Waals surface area contributed by atoms with E-state index in [0.717, 1.165) is 12.1 Å². The highest BCUT2D eigenvalue weighted by molar-refractivity contribution is 9.10. The van der Waals surface area contributed by atoms with Crippen LogP contribution in [0.3, 0.4) is 0 Å². The second-order valence-electron chi connectivity index (χ2n) is 6.75. The summed E-state index contributed by atoms with van der Waals surface area (Å²) in [6.45, 7) is 7.87. The molecule has 0 unspecified atom stereocenters. The van der Waals surface area contributed by atoms with Crippen molar-refractivity contribution < 1.29 is 22.5 Å². The number of alkyl halides is 3. The van der Waals surface area contributed by atoms with Gasteiger partial charge in [-0.25, -0.2) is 0 Å². The van der Waals surface area contributed by atoms with E-state index in [1.54, 1.807) is 6.08 Å². The van der Waals surface area contributed by atoms with E-state index in [9.17, 15) is 13.2 Å². The Morgan fingerprint density at radius 2 is 1.75 bits per heavy atom. The second-order valence-corrected chi connectivity index (χ2v) is 7.60. The Morgan fingerprint density at radius 1 is 1.21 bits per heavy atom. The minimum Gasteiger partial charge on any atom is -0.400 e. The minimum absolute atomic E-state index is 0.171. The molecule has 0 aromatic heterocycles. The van der Waals surface area contributed by atoms with Gasteiger partial charge in [-0.1, -0.05) is 28.1 Å². The Hall–Kier alpha value is -0.825. The molecule has 1 heterocycles. The van der Waals surface area contributed by atoms with Crippen molar-refractivity contribution in [3.05, 3.63) is 39.3 Å². The normalized spacial score (nSPS) is 20.5. The molecule has 1 aromatic rings. The molecule has 1 aliphatic heterocycles. The number of rotatable bonds is 3. The van der Waals surface area contributed by atoms with Gasteiger partial charge in [0.05, 0.1) is 16.8 Å². The molecular formula is C16H20BBrF3NO2. The van der Waals surface area contributed by atoms with E-state index in [-0.39, 0.29) is 6.54 Å². The van der Waals surface area contributed by atoms with Gasteiger partial charge in [-0.3, -0.25) is 0 Å². The molecule has 0 bridgehead atoms. The first-order valence-electron chi connectivity index (χ1n) is 7.50. The van der Waals surface area contributed by atoms with E-state index in [0.29, 0.717) is 15.5 Å². The lowest BCUT2D eigenvalue weighted by molar-refractivity contribution is -0.137. The Balaban J connectivity index is 2.32. The van der Waals surface area contributed by atoms with Gasteiger partial charge in [0.2, 0.25) is 0 Å². The zero-order chi connectivity index (χ0) is 18.3. The summed E-state index contributed by atoms with van der Waals surface area (Å²) in [5.41, 5.74) is 5.31. The third-order valence-corrected chi connectivity index (χ3v) is 5.15. The molecule has 8 heteroatoms. The summed E-state index contributed by atoms with van der Waals surface area (Å²) in [4.78, 5) is 0. The van der Waals surface area contributed by atoms with E-state index >= 15 is 0 Å². The molecular weight excluding hydrogens is 386 g/mol. The average molecular weight is 406 g/mol. The highest BCUT2D eigenvalue weighted by Gasteiger charge is 2.52. The second kappa shape index (κ2) is 6.48. The summed E-state index contributed by atoms with van der Waals surface area (Å²) in [6, 6.07) is 3.48. The summed E-state index contributed by atoms with van der Waals surface area (Å²) in [5, 5.41) is 0. The molecule has 2 rings (SSSR count). The number of hydrogen-bond donors (Lipinski definition) is 1. The Morgan fingerprint density at radius 3 is 2.17 bits per heavy atom. The van der Waals surface area contributed by atoms with Crippen molar-refractivity contribution in [3.8, 4) is 0 Å². The van der Waals surface area contributed by atoms with Gasteiger partial charge >= 0.3 is 13.3 Å². The number of benzene rings is 1. The molecule has 0 atom stereocenters. The third-order valence-electron chi connectivity index (χ3n) is 4.46. The number of halogens is 4. The number of hydrogen-bond acceptors (Lipinski definition) is 3. The standard InChI is InChI=1S/C16H20BBrF3NO2/c1-14(2)15(3,4)24-17(23-14)12(9-22)7-10-5-6-11(8-13(10)18)16(19,20)21/h5-8H,9,22H2,1-4H3. The lowest BCUT2D eigenvalue weighted by atomic mass is 9.77. The van der Waals surface area contributed by atoms with Crippen molar-refractivity contribution in [3.63, 3.8) is 0 Å². The maximum absolute atomic E-state index is 12.7. The van der Waals surface area contributed by atoms with E-state index in [1.807, 2.05) is 27.7 Å². The molecule has 1 fully saturated rings. The fourth-order valence-corrected chi connectivity index (χ4v) is 2.73. The SMILES string of the molecule is CC1(C)OB(C(=Cc2ccc(C(F)(F)F)cc2Br)CN)OC1(C)C. The molecule has 0 saturated carbocycles. The molecule has 1 saturated heterocycles. The molecule has 1 aromatic carbocycles. The van der Waals surface area contributed by atoms with Crippen molar-refractivity contribution in [1.29, 1.82) is 0 Å². The molecule has 0 radical (unpaired) electrons. The maximum Gasteiger partial charge on any atom is 0.491 e. The van der Waals surface area contributed by atoms with Crippen LogP contribution in [0.15, 0.2) is 28.1 Å². The van der Waals surface area contributed by atoms with E-state index in [2.05, 4.69) is 15.9 Å². The predicted octanol–water partition coefficient (Wildman–Crippen LogP) is 4.44. The fourth-order valence-electron chi connectivity index (χ4n) is 2.24. The van der Waals surface area contributed by atoms with Crippen LogP contribution in [0, 0.1) is 0 Å². The number of nitrogens with two attached hydrogens (primary N) is 1. The molecule has 2 N–H and O–H groups in total. The van der Waals surface area contributed by atoms with Crippen molar-refractivity contribution in [2.24, 2.45) is 5.73 Å². The van der Waals surface area contributed by atoms with Crippen LogP contribution in [0.5, 0.6) is 0 Å². The smallest absolute Gasteiger partial charge is 0.400 e. The van der Waals surface area contributed by atoms with Crippen LogP contribution in [0.2, 0.25) is 0 Å². The van der Waals surface area contributed by atoms with Crippen LogP contribution in [0.4, 0.5) is 13.2 Å². The zero-order valence-corrected chi connectivity index (χ0v) is 15.6. The summed E-state index contributed by atoms with van der Waals surface area (Å²) < 4.78 is 50.5. The van der Waals surface area contributed by atoms with Gasteiger partial charge in [0.15, 0.2) is 0 Å². The lowest BCUT2D eigenvalue weighted by Crippen LogP contribution is -2.41. The first-order chi connectivity index (χ1) is 10.9. The largest absolute Gasteiger partial charge is 0.491 e. The summed E-state index contributed by atoms with van der Waals surface area (Å²) in [6.07, 6.45) is -2.68. The monoisotopic (exact) mass is 405 g/mol. The molecule has 1 aliphatic rings. The quantitative estimate of drug-likeness (QED) is 0.756. The fraction of sp³-hybridized carbons (Fsp3) is 0.500. The Labute approximate surface area is 148 Å². The third kappa shape index (κ3) is 3.87. The van der Waals surface area contributed by atoms with Crippen molar-refractivity contribution in [2.45, 2.75) is 45.1 Å². The molecule has 132 valence electrons. The highest BCUT2D eigenvalue weighted by atomic mass is 79.9. The predicted molar refractivity (Wildman–Crippen MR) is 92.3 cm³/mol. The lowest BCUT2D eigenvalue weighted by Gasteiger charge is -2.32. The first-order valence-corrected chi connectivity index (χ1v) is 8.29. The van der Waals surface area contributed by atoms with E-state index in [1.165, 1.54) is 6.07 Å². The maximum atomic E-state index is 12.7. The van der Waals surface area contributed by atoms with Crippen molar-refractivity contribution in [1.82, 2.24) is 0 Å². The van der Waals surface area contributed by atoms with Gasteiger partial charge in [0.25, 0.3) is 0 Å². The topological polar surface area (TPSA) is 44.5 Å². The highest BCUT2D eigenvalue weighted by Crippen LogP contribution is 2.39. The van der Waals surface area contributed by atoms with Crippen molar-refractivity contribution >= 4 is 29.1 Å². The van der Waals surface area contributed by atoms with Crippen LogP contribution < -0.4 is 5.73 Å². The molecule has 0 amide bonds. The van der Waals surface area contributed by atoms with Crippen LogP contribution in [0.25, 0.3) is 6.08 Å². The zero-order valence-electron chi connectivity index (χ0n) is 14.0. The van der Waals surface area contributed by atoms with Gasteiger partial charge in [0.1, 0.15) is 0 Å². The van der Waals surface area contributed by atoms with Crippen LogP contribution in [0.1, 0.15) is 38.8 Å². The summed E-state index contributed by atoms with van der Waals surface area (Å²) >= 11 is 3.18. The van der Waals surface area contributed by atoms with Gasteiger partial charge in [0, 0.05) is 11.0 Å². The average Bonchev–Trinajstić information content (AvgIpc) is 2.64. The van der Waals surface area contributed by atoms with Gasteiger partial charge in [-0.05, 0) is 50.9 Å². The van der Waals surface area contributed by atoms with Gasteiger partial charge in [-0.15, -0.1) is 0 Å². The van der Waals surface area contributed by atoms with E-state index in [4.69, 9.17) is 15.0 Å². The molecule has 24 heavy (non-hydrogen) atoms. The van der Waals surface area contributed by atoms with Gasteiger partial charge < -0.3 is 15.0 Å². The van der Waals surface area contributed by atoms with Crippen molar-refractivity contribution in [2.75, 3.05) is 6.54 Å². The van der Waals surface area contributed by atoms with Crippen LogP contribution >= 0.6 is 15.9 Å². The van der Waals surface area contributed by atoms with Crippen LogP contribution in [-0.4, -0.2) is 24.9 Å². The Kier molecular flexibility index (Phi) is 5.26. The first kappa shape index (κ1) is 19.5. The van der Waals surface area contributed by atoms with Gasteiger partial charge in [-0.2, -0.15) is 13.2 Å². The Bertz CT molecular complexity index is 643. The minimum atomic E-state index is -4.38. The summed E-state index contributed by atoms with van der Waals surface area (Å²) in [5.74, 6) is 0. The molecule has 0 aliphatic carbocycles.